The summed E-state index contributed by atoms with van der Waals surface area (Å²) in [4.78, 5) is 28.7. The van der Waals surface area contributed by atoms with E-state index in [1.54, 1.807) is 0 Å². The minimum absolute atomic E-state index is 0.0362. The Bertz CT molecular complexity index is 730. The molecule has 2 saturated carbocycles. The molecule has 1 aromatic heterocycles. The van der Waals surface area contributed by atoms with E-state index in [1.807, 2.05) is 6.92 Å². The molecule has 3 aliphatic carbocycles. The Hall–Kier alpha value is -1.58. The number of amides is 1. The molecule has 1 amide bonds. The van der Waals surface area contributed by atoms with E-state index in [0.29, 0.717) is 18.0 Å². The van der Waals surface area contributed by atoms with Crippen molar-refractivity contribution < 1.29 is 9.59 Å². The number of hydrogen-bond donors (Lipinski definition) is 2. The molecule has 0 spiro atoms. The topological polar surface area (TPSA) is 62.0 Å². The normalized spacial score (nSPS) is 31.0. The summed E-state index contributed by atoms with van der Waals surface area (Å²) < 4.78 is 0. The summed E-state index contributed by atoms with van der Waals surface area (Å²) >= 11 is 0. The number of hydrogen-bond acceptors (Lipinski definition) is 2. The first-order chi connectivity index (χ1) is 11.7. The smallest absolute Gasteiger partial charge is 0.268 e. The standard InChI is InChI=1S/C21H30N2O2/c1-11-18-16(9-21(3,4)10-17(18)24)23-19(11)20(25)22-12(2)15-8-13-5-6-14(15)7-13/h12-15,23H,5-10H2,1-4H3,(H,22,25). The highest BCUT2D eigenvalue weighted by Crippen LogP contribution is 2.49. The van der Waals surface area contributed by atoms with Gasteiger partial charge in [-0.1, -0.05) is 20.3 Å². The van der Waals surface area contributed by atoms with E-state index in [4.69, 9.17) is 0 Å². The monoisotopic (exact) mass is 342 g/mol. The van der Waals surface area contributed by atoms with Crippen LogP contribution in [0.25, 0.3) is 0 Å². The average molecular weight is 342 g/mol. The van der Waals surface area contributed by atoms with E-state index in [1.165, 1.54) is 25.7 Å². The first-order valence-electron chi connectivity index (χ1n) is 9.80. The van der Waals surface area contributed by atoms with Crippen molar-refractivity contribution in [3.63, 3.8) is 0 Å². The Labute approximate surface area is 150 Å². The fraction of sp³-hybridized carbons (Fsp3) is 0.714. The molecule has 4 nitrogen and oxygen atoms in total. The lowest BCUT2D eigenvalue weighted by Gasteiger charge is -2.28. The zero-order valence-electron chi connectivity index (χ0n) is 15.9. The Morgan fingerprint density at radius 2 is 2.00 bits per heavy atom. The Morgan fingerprint density at radius 3 is 2.64 bits per heavy atom. The van der Waals surface area contributed by atoms with Crippen LogP contribution in [-0.2, 0) is 6.42 Å². The van der Waals surface area contributed by atoms with Crippen LogP contribution < -0.4 is 5.32 Å². The third-order valence-corrected chi connectivity index (χ3v) is 6.92. The Morgan fingerprint density at radius 1 is 1.24 bits per heavy atom. The molecule has 1 heterocycles. The predicted molar refractivity (Wildman–Crippen MR) is 97.8 cm³/mol. The molecule has 0 aliphatic heterocycles. The van der Waals surface area contributed by atoms with E-state index >= 15 is 0 Å². The number of aromatic amines is 1. The van der Waals surface area contributed by atoms with Crippen molar-refractivity contribution in [2.75, 3.05) is 0 Å². The highest BCUT2D eigenvalue weighted by molar-refractivity contribution is 6.04. The molecule has 3 aliphatic rings. The van der Waals surface area contributed by atoms with Crippen LogP contribution in [0.1, 0.15) is 85.0 Å². The first kappa shape index (κ1) is 16.9. The lowest BCUT2D eigenvalue weighted by Crippen LogP contribution is -2.40. The summed E-state index contributed by atoms with van der Waals surface area (Å²) in [7, 11) is 0. The zero-order chi connectivity index (χ0) is 17.9. The molecular weight excluding hydrogens is 312 g/mol. The minimum Gasteiger partial charge on any atom is -0.354 e. The van der Waals surface area contributed by atoms with Crippen LogP contribution in [0.4, 0.5) is 0 Å². The van der Waals surface area contributed by atoms with E-state index < -0.39 is 0 Å². The number of aromatic nitrogens is 1. The summed E-state index contributed by atoms with van der Waals surface area (Å²) in [6, 6.07) is 0.203. The number of fused-ring (bicyclic) bond motifs is 3. The van der Waals surface area contributed by atoms with Gasteiger partial charge in [0.05, 0.1) is 0 Å². The largest absolute Gasteiger partial charge is 0.354 e. The van der Waals surface area contributed by atoms with Crippen molar-refractivity contribution in [3.8, 4) is 0 Å². The highest BCUT2D eigenvalue weighted by Gasteiger charge is 2.42. The lowest BCUT2D eigenvalue weighted by atomic mass is 9.75. The SMILES string of the molecule is Cc1c(C(=O)NC(C)C2CC3CCC2C3)[nH]c2c1C(=O)CC(C)(C)C2. The molecule has 0 saturated heterocycles. The van der Waals surface area contributed by atoms with Crippen LogP contribution in [0.15, 0.2) is 0 Å². The molecule has 4 rings (SSSR count). The maximum absolute atomic E-state index is 12.9. The summed E-state index contributed by atoms with van der Waals surface area (Å²) in [6.07, 6.45) is 6.70. The minimum atomic E-state index is -0.0484. The maximum atomic E-state index is 12.9. The summed E-state index contributed by atoms with van der Waals surface area (Å²) in [6.45, 7) is 8.28. The van der Waals surface area contributed by atoms with Crippen LogP contribution >= 0.6 is 0 Å². The first-order valence-corrected chi connectivity index (χ1v) is 9.80. The molecule has 4 heteroatoms. The van der Waals surface area contributed by atoms with Crippen molar-refractivity contribution in [1.82, 2.24) is 10.3 Å². The van der Waals surface area contributed by atoms with Gasteiger partial charge in [-0.3, -0.25) is 9.59 Å². The Kier molecular flexibility index (Phi) is 3.86. The van der Waals surface area contributed by atoms with Gasteiger partial charge in [-0.25, -0.2) is 0 Å². The molecule has 2 N–H and O–H groups in total. The summed E-state index contributed by atoms with van der Waals surface area (Å²) in [5.41, 5.74) is 3.08. The van der Waals surface area contributed by atoms with Gasteiger partial charge in [0.2, 0.25) is 0 Å². The molecule has 136 valence electrons. The molecular formula is C21H30N2O2. The van der Waals surface area contributed by atoms with E-state index in [0.717, 1.165) is 35.1 Å². The van der Waals surface area contributed by atoms with Gasteiger partial charge in [0.25, 0.3) is 5.91 Å². The number of nitrogens with one attached hydrogen (secondary N) is 2. The van der Waals surface area contributed by atoms with Crippen molar-refractivity contribution >= 4 is 11.7 Å². The zero-order valence-corrected chi connectivity index (χ0v) is 15.9. The Balaban J connectivity index is 1.52. The number of H-pyrrole nitrogens is 1. The fourth-order valence-corrected chi connectivity index (χ4v) is 5.75. The highest BCUT2D eigenvalue weighted by atomic mass is 16.2. The van der Waals surface area contributed by atoms with Gasteiger partial charge in [0.1, 0.15) is 5.69 Å². The molecule has 0 radical (unpaired) electrons. The second kappa shape index (κ2) is 5.72. The maximum Gasteiger partial charge on any atom is 0.268 e. The summed E-state index contributed by atoms with van der Waals surface area (Å²) in [5.74, 6) is 2.41. The molecule has 25 heavy (non-hydrogen) atoms. The number of carbonyl (C=O) groups is 2. The van der Waals surface area contributed by atoms with Gasteiger partial charge >= 0.3 is 0 Å². The summed E-state index contributed by atoms with van der Waals surface area (Å²) in [5, 5.41) is 3.23. The third kappa shape index (κ3) is 2.84. The number of Topliss-reactive ketones (excluding diaryl/α,β-unsaturated/α-hetero) is 1. The molecule has 0 aromatic carbocycles. The number of ketones is 1. The molecule has 1 aromatic rings. The molecule has 4 unspecified atom stereocenters. The van der Waals surface area contributed by atoms with Gasteiger partial charge in [-0.05, 0) is 68.3 Å². The quantitative estimate of drug-likeness (QED) is 0.871. The number of rotatable bonds is 3. The van der Waals surface area contributed by atoms with Gasteiger partial charge in [-0.2, -0.15) is 0 Å². The van der Waals surface area contributed by atoms with Gasteiger partial charge < -0.3 is 10.3 Å². The van der Waals surface area contributed by atoms with E-state index in [-0.39, 0.29) is 23.1 Å². The molecule has 2 fully saturated rings. The third-order valence-electron chi connectivity index (χ3n) is 6.92. The van der Waals surface area contributed by atoms with Crippen molar-refractivity contribution in [3.05, 3.63) is 22.5 Å². The van der Waals surface area contributed by atoms with Gasteiger partial charge in [-0.15, -0.1) is 0 Å². The lowest BCUT2D eigenvalue weighted by molar-refractivity contribution is 0.0902. The second-order valence-corrected chi connectivity index (χ2v) is 9.52. The molecule has 2 bridgehead atoms. The van der Waals surface area contributed by atoms with Crippen molar-refractivity contribution in [2.45, 2.75) is 72.3 Å². The van der Waals surface area contributed by atoms with Gasteiger partial charge in [0, 0.05) is 23.7 Å². The van der Waals surface area contributed by atoms with Crippen LogP contribution in [0.5, 0.6) is 0 Å². The van der Waals surface area contributed by atoms with E-state index in [2.05, 4.69) is 31.1 Å². The average Bonchev–Trinajstić information content (AvgIpc) is 3.20. The fourth-order valence-electron chi connectivity index (χ4n) is 5.75. The van der Waals surface area contributed by atoms with Gasteiger partial charge in [0.15, 0.2) is 5.78 Å². The van der Waals surface area contributed by atoms with Crippen LogP contribution in [0, 0.1) is 30.1 Å². The molecule has 4 atom stereocenters. The number of carbonyl (C=O) groups excluding carboxylic acids is 2. The van der Waals surface area contributed by atoms with Crippen molar-refractivity contribution in [1.29, 1.82) is 0 Å². The predicted octanol–water partition coefficient (Wildman–Crippen LogP) is 4.03. The van der Waals surface area contributed by atoms with Crippen molar-refractivity contribution in [2.24, 2.45) is 23.2 Å². The van der Waals surface area contributed by atoms with E-state index in [9.17, 15) is 9.59 Å². The second-order valence-electron chi connectivity index (χ2n) is 9.52. The van der Waals surface area contributed by atoms with Crippen LogP contribution in [0.2, 0.25) is 0 Å². The van der Waals surface area contributed by atoms with Crippen LogP contribution in [0.3, 0.4) is 0 Å². The van der Waals surface area contributed by atoms with Crippen LogP contribution in [-0.4, -0.2) is 22.7 Å².